The Balaban J connectivity index is 2.38. The summed E-state index contributed by atoms with van der Waals surface area (Å²) in [7, 11) is 0. The first-order valence-corrected chi connectivity index (χ1v) is 5.25. The molecule has 0 aliphatic carbocycles. The Morgan fingerprint density at radius 2 is 1.89 bits per heavy atom. The van der Waals surface area contributed by atoms with Crippen molar-refractivity contribution in [3.05, 3.63) is 59.4 Å². The molecule has 2 aromatic rings. The number of ketones is 1. The predicted octanol–water partition coefficient (Wildman–Crippen LogP) is 3.04. The van der Waals surface area contributed by atoms with Crippen LogP contribution in [0.3, 0.4) is 0 Å². The molecule has 1 aromatic carbocycles. The Bertz CT molecular complexity index is 609. The zero-order valence-corrected chi connectivity index (χ0v) is 9.48. The first-order chi connectivity index (χ1) is 8.89. The van der Waals surface area contributed by atoms with Gasteiger partial charge >= 0.3 is 6.18 Å². The molecule has 0 radical (unpaired) electrons. The average molecular weight is 267 g/mol. The second kappa shape index (κ2) is 4.72. The van der Waals surface area contributed by atoms with Crippen molar-refractivity contribution in [2.75, 3.05) is 0 Å². The summed E-state index contributed by atoms with van der Waals surface area (Å²) in [5.74, 6) is -1.53. The van der Waals surface area contributed by atoms with Gasteiger partial charge in [0.2, 0.25) is 5.78 Å². The third-order valence-electron chi connectivity index (χ3n) is 2.46. The lowest BCUT2D eigenvalue weighted by molar-refractivity contribution is -0.138. The molecule has 1 heterocycles. The number of phenolic OH excluding ortho intramolecular Hbond substituents is 1. The molecular weight excluding hydrogens is 259 g/mol. The molecule has 0 saturated carbocycles. The van der Waals surface area contributed by atoms with Crippen LogP contribution in [0.25, 0.3) is 0 Å². The van der Waals surface area contributed by atoms with Gasteiger partial charge in [0.1, 0.15) is 11.4 Å². The van der Waals surface area contributed by atoms with Gasteiger partial charge in [-0.2, -0.15) is 13.2 Å². The lowest BCUT2D eigenvalue weighted by Crippen LogP contribution is -2.08. The molecule has 19 heavy (non-hydrogen) atoms. The van der Waals surface area contributed by atoms with E-state index < -0.39 is 23.3 Å². The summed E-state index contributed by atoms with van der Waals surface area (Å²) in [6.07, 6.45) is -3.26. The van der Waals surface area contributed by atoms with Crippen LogP contribution in [-0.4, -0.2) is 15.9 Å². The fraction of sp³-hybridized carbons (Fsp3) is 0.0769. The molecule has 0 spiro atoms. The highest BCUT2D eigenvalue weighted by Crippen LogP contribution is 2.36. The lowest BCUT2D eigenvalue weighted by atomic mass is 10.0. The SMILES string of the molecule is O=C(c1ccc(C(F)(F)F)c(O)c1)c1ccccn1. The Morgan fingerprint density at radius 1 is 1.16 bits per heavy atom. The number of halogens is 3. The van der Waals surface area contributed by atoms with E-state index in [1.54, 1.807) is 12.1 Å². The first-order valence-electron chi connectivity index (χ1n) is 5.25. The Labute approximate surface area is 106 Å². The molecular formula is C13H8F3NO2. The van der Waals surface area contributed by atoms with E-state index in [9.17, 15) is 23.1 Å². The molecule has 0 atom stereocenters. The summed E-state index contributed by atoms with van der Waals surface area (Å²) in [5.41, 5.74) is -1.13. The van der Waals surface area contributed by atoms with E-state index in [1.807, 2.05) is 0 Å². The summed E-state index contributed by atoms with van der Waals surface area (Å²) < 4.78 is 37.3. The largest absolute Gasteiger partial charge is 0.507 e. The number of hydrogen-bond acceptors (Lipinski definition) is 3. The first kappa shape index (κ1) is 13.1. The van der Waals surface area contributed by atoms with Crippen LogP contribution in [0.1, 0.15) is 21.6 Å². The van der Waals surface area contributed by atoms with E-state index in [2.05, 4.69) is 4.98 Å². The maximum absolute atomic E-state index is 12.4. The number of aromatic hydroxyl groups is 1. The predicted molar refractivity (Wildman–Crippen MR) is 60.8 cm³/mol. The van der Waals surface area contributed by atoms with Crippen molar-refractivity contribution in [1.29, 1.82) is 0 Å². The molecule has 0 unspecified atom stereocenters. The third kappa shape index (κ3) is 2.73. The molecule has 0 aliphatic rings. The van der Waals surface area contributed by atoms with Crippen LogP contribution in [0.5, 0.6) is 5.75 Å². The summed E-state index contributed by atoms with van der Waals surface area (Å²) in [6, 6.07) is 7.12. The Morgan fingerprint density at radius 3 is 2.42 bits per heavy atom. The van der Waals surface area contributed by atoms with E-state index in [1.165, 1.54) is 12.3 Å². The van der Waals surface area contributed by atoms with E-state index in [4.69, 9.17) is 0 Å². The Kier molecular flexibility index (Phi) is 3.25. The van der Waals surface area contributed by atoms with Crippen LogP contribution in [-0.2, 0) is 6.18 Å². The number of aromatic nitrogens is 1. The van der Waals surface area contributed by atoms with E-state index in [0.717, 1.165) is 12.1 Å². The van der Waals surface area contributed by atoms with Gasteiger partial charge in [-0.3, -0.25) is 9.78 Å². The molecule has 2 rings (SSSR count). The smallest absolute Gasteiger partial charge is 0.419 e. The van der Waals surface area contributed by atoms with Gasteiger partial charge in [-0.15, -0.1) is 0 Å². The van der Waals surface area contributed by atoms with Crippen molar-refractivity contribution in [1.82, 2.24) is 4.98 Å². The summed E-state index contributed by atoms with van der Waals surface area (Å²) in [4.78, 5) is 15.7. The molecule has 3 nitrogen and oxygen atoms in total. The lowest BCUT2D eigenvalue weighted by Gasteiger charge is -2.09. The van der Waals surface area contributed by atoms with Crippen molar-refractivity contribution in [3.8, 4) is 5.75 Å². The minimum atomic E-state index is -4.66. The maximum Gasteiger partial charge on any atom is 0.419 e. The van der Waals surface area contributed by atoms with E-state index >= 15 is 0 Å². The summed E-state index contributed by atoms with van der Waals surface area (Å²) in [5, 5.41) is 9.33. The van der Waals surface area contributed by atoms with Crippen LogP contribution in [0, 0.1) is 0 Å². The highest BCUT2D eigenvalue weighted by Gasteiger charge is 2.34. The number of carbonyl (C=O) groups excluding carboxylic acids is 1. The van der Waals surface area contributed by atoms with Gasteiger partial charge in [-0.25, -0.2) is 0 Å². The van der Waals surface area contributed by atoms with Crippen molar-refractivity contribution >= 4 is 5.78 Å². The molecule has 6 heteroatoms. The van der Waals surface area contributed by atoms with Crippen molar-refractivity contribution < 1.29 is 23.1 Å². The van der Waals surface area contributed by atoms with Crippen LogP contribution in [0.15, 0.2) is 42.6 Å². The number of benzene rings is 1. The quantitative estimate of drug-likeness (QED) is 0.851. The summed E-state index contributed by atoms with van der Waals surface area (Å²) >= 11 is 0. The molecule has 0 bridgehead atoms. The second-order valence-corrected chi connectivity index (χ2v) is 3.77. The van der Waals surface area contributed by atoms with Gasteiger partial charge in [0.05, 0.1) is 5.56 Å². The third-order valence-corrected chi connectivity index (χ3v) is 2.46. The van der Waals surface area contributed by atoms with Gasteiger partial charge in [-0.05, 0) is 24.3 Å². The number of pyridine rings is 1. The molecule has 0 fully saturated rings. The van der Waals surface area contributed by atoms with Crippen molar-refractivity contribution in [2.24, 2.45) is 0 Å². The standard InChI is InChI=1S/C13H8F3NO2/c14-13(15,16)9-5-4-8(7-11(9)18)12(19)10-3-1-2-6-17-10/h1-7,18H. The normalized spacial score (nSPS) is 11.3. The molecule has 0 amide bonds. The van der Waals surface area contributed by atoms with Crippen molar-refractivity contribution in [2.45, 2.75) is 6.18 Å². The van der Waals surface area contributed by atoms with Gasteiger partial charge in [0.15, 0.2) is 0 Å². The highest BCUT2D eigenvalue weighted by atomic mass is 19.4. The van der Waals surface area contributed by atoms with Gasteiger partial charge in [-0.1, -0.05) is 12.1 Å². The highest BCUT2D eigenvalue weighted by molar-refractivity contribution is 6.07. The average Bonchev–Trinajstić information content (AvgIpc) is 2.37. The molecule has 0 aliphatic heterocycles. The molecule has 98 valence electrons. The van der Waals surface area contributed by atoms with E-state index in [0.29, 0.717) is 6.07 Å². The maximum atomic E-state index is 12.4. The number of hydrogen-bond donors (Lipinski definition) is 1. The minimum absolute atomic E-state index is 0.0517. The summed E-state index contributed by atoms with van der Waals surface area (Å²) in [6.45, 7) is 0. The van der Waals surface area contributed by atoms with Crippen LogP contribution < -0.4 is 0 Å². The van der Waals surface area contributed by atoms with E-state index in [-0.39, 0.29) is 11.3 Å². The minimum Gasteiger partial charge on any atom is -0.507 e. The molecule has 1 N–H and O–H groups in total. The van der Waals surface area contributed by atoms with Crippen LogP contribution >= 0.6 is 0 Å². The van der Waals surface area contributed by atoms with Gasteiger partial charge in [0, 0.05) is 11.8 Å². The number of carbonyl (C=O) groups is 1. The monoisotopic (exact) mass is 267 g/mol. The van der Waals surface area contributed by atoms with Gasteiger partial charge in [0.25, 0.3) is 0 Å². The zero-order chi connectivity index (χ0) is 14.0. The van der Waals surface area contributed by atoms with Crippen LogP contribution in [0.4, 0.5) is 13.2 Å². The van der Waals surface area contributed by atoms with Gasteiger partial charge < -0.3 is 5.11 Å². The van der Waals surface area contributed by atoms with Crippen molar-refractivity contribution in [3.63, 3.8) is 0 Å². The molecule has 0 saturated heterocycles. The fourth-order valence-electron chi connectivity index (χ4n) is 1.56. The second-order valence-electron chi connectivity index (χ2n) is 3.77. The zero-order valence-electron chi connectivity index (χ0n) is 9.48. The topological polar surface area (TPSA) is 50.2 Å². The number of phenols is 1. The fourth-order valence-corrected chi connectivity index (χ4v) is 1.56. The number of rotatable bonds is 2. The number of alkyl halides is 3. The molecule has 1 aromatic heterocycles. The van der Waals surface area contributed by atoms with Crippen LogP contribution in [0.2, 0.25) is 0 Å². The number of nitrogens with zero attached hydrogens (tertiary/aromatic N) is 1. The Hall–Kier alpha value is -2.37.